The highest BCUT2D eigenvalue weighted by Crippen LogP contribution is 2.43. The van der Waals surface area contributed by atoms with Crippen LogP contribution in [0.5, 0.6) is 5.75 Å². The Morgan fingerprint density at radius 2 is 1.53 bits per heavy atom. The first-order valence-electron chi connectivity index (χ1n) is 3.82. The molecule has 0 aromatic heterocycles. The lowest BCUT2D eigenvalue weighted by atomic mass is 10.2. The molecule has 0 unspecified atom stereocenters. The minimum Gasteiger partial charge on any atom is -0.405 e. The molecule has 0 bridgehead atoms. The van der Waals surface area contributed by atoms with Crippen LogP contribution in [0.25, 0.3) is 0 Å². The van der Waals surface area contributed by atoms with Gasteiger partial charge in [0.2, 0.25) is 0 Å². The smallest absolute Gasteiger partial charge is 0.405 e. The minimum absolute atomic E-state index is 0.0395. The molecule has 0 saturated carbocycles. The summed E-state index contributed by atoms with van der Waals surface area (Å²) in [6.07, 6.45) is -10.6. The fraction of sp³-hybridized carbons (Fsp3) is 0.250. The molecule has 0 radical (unpaired) electrons. The van der Waals surface area contributed by atoms with Crippen LogP contribution in [0.1, 0.15) is 5.56 Å². The summed E-state index contributed by atoms with van der Waals surface area (Å²) >= 11 is 5.04. The van der Waals surface area contributed by atoms with Gasteiger partial charge in [0.25, 0.3) is 0 Å². The molecule has 0 fully saturated rings. The van der Waals surface area contributed by atoms with Gasteiger partial charge in [0.05, 0.1) is 5.02 Å². The molecule has 0 spiro atoms. The third-order valence-corrected chi connectivity index (χ3v) is 1.83. The molecule has 0 saturated heterocycles. The highest BCUT2D eigenvalue weighted by molar-refractivity contribution is 6.31. The van der Waals surface area contributed by atoms with Gasteiger partial charge >= 0.3 is 12.5 Å². The zero-order valence-corrected chi connectivity index (χ0v) is 8.34. The third kappa shape index (κ3) is 3.65. The molecule has 0 N–H and O–H groups in total. The summed E-state index contributed by atoms with van der Waals surface area (Å²) in [6.45, 7) is 0. The molecule has 0 heterocycles. The Morgan fingerprint density at radius 3 is 1.94 bits per heavy atom. The first-order valence-corrected chi connectivity index (χ1v) is 4.20. The van der Waals surface area contributed by atoms with E-state index in [1.807, 2.05) is 0 Å². The van der Waals surface area contributed by atoms with Gasteiger partial charge in [-0.2, -0.15) is 13.2 Å². The standard InChI is InChI=1S/C8H2ClF7O/c9-4-1-3(10)2-5(17-8(14,15)16)6(4)7(11,12)13/h1-2H. The van der Waals surface area contributed by atoms with E-state index >= 15 is 0 Å². The van der Waals surface area contributed by atoms with Crippen LogP contribution in [0.3, 0.4) is 0 Å². The molecule has 0 aliphatic heterocycles. The van der Waals surface area contributed by atoms with E-state index < -0.39 is 34.7 Å². The molecule has 1 aromatic carbocycles. The summed E-state index contributed by atoms with van der Waals surface area (Å²) in [5, 5.41) is -1.21. The molecule has 96 valence electrons. The number of alkyl halides is 6. The molecule has 1 aromatic rings. The van der Waals surface area contributed by atoms with E-state index in [2.05, 4.69) is 4.74 Å². The van der Waals surface area contributed by atoms with E-state index in [1.54, 1.807) is 0 Å². The summed E-state index contributed by atoms with van der Waals surface area (Å²) in [4.78, 5) is 0. The molecule has 0 amide bonds. The van der Waals surface area contributed by atoms with Gasteiger partial charge in [-0.15, -0.1) is 13.2 Å². The lowest BCUT2D eigenvalue weighted by Crippen LogP contribution is -2.20. The average Bonchev–Trinajstić information content (AvgIpc) is 1.94. The van der Waals surface area contributed by atoms with Crippen molar-refractivity contribution in [2.75, 3.05) is 0 Å². The van der Waals surface area contributed by atoms with Crippen LogP contribution in [-0.4, -0.2) is 6.36 Å². The van der Waals surface area contributed by atoms with Crippen molar-refractivity contribution < 1.29 is 35.5 Å². The van der Waals surface area contributed by atoms with Gasteiger partial charge in [-0.1, -0.05) is 11.6 Å². The zero-order chi connectivity index (χ0) is 13.4. The summed E-state index contributed by atoms with van der Waals surface area (Å²) in [5.74, 6) is -3.10. The van der Waals surface area contributed by atoms with Crippen molar-refractivity contribution >= 4 is 11.6 Å². The Bertz CT molecular complexity index is 423. The van der Waals surface area contributed by atoms with Crippen molar-refractivity contribution in [3.8, 4) is 5.75 Å². The topological polar surface area (TPSA) is 9.23 Å². The predicted molar refractivity (Wildman–Crippen MR) is 43.1 cm³/mol. The number of ether oxygens (including phenoxy) is 1. The van der Waals surface area contributed by atoms with Crippen LogP contribution in [0, 0.1) is 5.82 Å². The Balaban J connectivity index is 3.36. The van der Waals surface area contributed by atoms with Gasteiger partial charge in [-0.25, -0.2) is 4.39 Å². The van der Waals surface area contributed by atoms with Crippen molar-refractivity contribution in [2.45, 2.75) is 12.5 Å². The van der Waals surface area contributed by atoms with Crippen molar-refractivity contribution in [1.29, 1.82) is 0 Å². The van der Waals surface area contributed by atoms with E-state index in [0.717, 1.165) is 0 Å². The molecular formula is C8H2ClF7O. The minimum atomic E-state index is -5.38. The Hall–Kier alpha value is -1.18. The maximum Gasteiger partial charge on any atom is 0.573 e. The second kappa shape index (κ2) is 4.25. The van der Waals surface area contributed by atoms with Crippen molar-refractivity contribution in [3.63, 3.8) is 0 Å². The van der Waals surface area contributed by atoms with Crippen molar-refractivity contribution in [2.24, 2.45) is 0 Å². The Labute approximate surface area is 94.7 Å². The van der Waals surface area contributed by atoms with Crippen LogP contribution >= 0.6 is 11.6 Å². The van der Waals surface area contributed by atoms with E-state index in [9.17, 15) is 30.7 Å². The first kappa shape index (κ1) is 13.9. The number of benzene rings is 1. The normalized spacial score (nSPS) is 12.7. The maximum absolute atomic E-state index is 12.7. The molecule has 1 rings (SSSR count). The molecule has 17 heavy (non-hydrogen) atoms. The van der Waals surface area contributed by atoms with E-state index in [-0.39, 0.29) is 12.1 Å². The van der Waals surface area contributed by atoms with Gasteiger partial charge in [0, 0.05) is 6.07 Å². The maximum atomic E-state index is 12.7. The van der Waals surface area contributed by atoms with E-state index in [0.29, 0.717) is 0 Å². The summed E-state index contributed by atoms with van der Waals surface area (Å²) < 4.78 is 88.3. The number of hydrogen-bond donors (Lipinski definition) is 0. The summed E-state index contributed by atoms with van der Waals surface area (Å²) in [6, 6.07) is 0.204. The lowest BCUT2D eigenvalue weighted by molar-refractivity contribution is -0.276. The molecular weight excluding hydrogens is 281 g/mol. The van der Waals surface area contributed by atoms with E-state index in [1.165, 1.54) is 0 Å². The summed E-state index contributed by atoms with van der Waals surface area (Å²) in [5.41, 5.74) is -1.88. The van der Waals surface area contributed by atoms with Crippen LogP contribution in [-0.2, 0) is 6.18 Å². The van der Waals surface area contributed by atoms with Crippen LogP contribution < -0.4 is 4.74 Å². The number of rotatable bonds is 1. The van der Waals surface area contributed by atoms with Crippen molar-refractivity contribution in [3.05, 3.63) is 28.5 Å². The third-order valence-electron chi connectivity index (χ3n) is 1.53. The SMILES string of the molecule is Fc1cc(Cl)c(C(F)(F)F)c(OC(F)(F)F)c1. The molecule has 0 aliphatic carbocycles. The van der Waals surface area contributed by atoms with Gasteiger partial charge in [0.15, 0.2) is 0 Å². The summed E-state index contributed by atoms with van der Waals surface area (Å²) in [7, 11) is 0. The number of hydrogen-bond acceptors (Lipinski definition) is 1. The van der Waals surface area contributed by atoms with E-state index in [4.69, 9.17) is 11.6 Å². The molecule has 9 heteroatoms. The van der Waals surface area contributed by atoms with Crippen LogP contribution in [0.2, 0.25) is 5.02 Å². The Morgan fingerprint density at radius 1 is 1.00 bits per heavy atom. The largest absolute Gasteiger partial charge is 0.573 e. The highest BCUT2D eigenvalue weighted by Gasteiger charge is 2.41. The second-order valence-electron chi connectivity index (χ2n) is 2.81. The van der Waals surface area contributed by atoms with Gasteiger partial charge in [-0.05, 0) is 6.07 Å². The van der Waals surface area contributed by atoms with Gasteiger partial charge in [-0.3, -0.25) is 0 Å². The zero-order valence-electron chi connectivity index (χ0n) is 7.59. The highest BCUT2D eigenvalue weighted by atomic mass is 35.5. The average molecular weight is 283 g/mol. The lowest BCUT2D eigenvalue weighted by Gasteiger charge is -2.16. The molecule has 0 aliphatic rings. The predicted octanol–water partition coefficient (Wildman–Crippen LogP) is 4.40. The second-order valence-corrected chi connectivity index (χ2v) is 3.21. The molecule has 1 nitrogen and oxygen atoms in total. The van der Waals surface area contributed by atoms with Gasteiger partial charge < -0.3 is 4.74 Å². The fourth-order valence-corrected chi connectivity index (χ4v) is 1.33. The first-order chi connectivity index (χ1) is 7.50. The quantitative estimate of drug-likeness (QED) is 0.694. The monoisotopic (exact) mass is 282 g/mol. The number of halogens is 8. The van der Waals surface area contributed by atoms with Crippen LogP contribution in [0.4, 0.5) is 30.7 Å². The molecule has 0 atom stereocenters. The fourth-order valence-electron chi connectivity index (χ4n) is 1.03. The Kier molecular flexibility index (Phi) is 3.47. The van der Waals surface area contributed by atoms with Gasteiger partial charge in [0.1, 0.15) is 17.1 Å². The van der Waals surface area contributed by atoms with Crippen molar-refractivity contribution in [1.82, 2.24) is 0 Å². The van der Waals surface area contributed by atoms with Crippen LogP contribution in [0.15, 0.2) is 12.1 Å².